The number of pyridine rings is 1. The third-order valence-electron chi connectivity index (χ3n) is 6.54. The number of thioether (sulfide) groups is 1. The highest BCUT2D eigenvalue weighted by molar-refractivity contribution is 7.98. The summed E-state index contributed by atoms with van der Waals surface area (Å²) in [5, 5.41) is 0. The molecule has 0 bridgehead atoms. The smallest absolute Gasteiger partial charge is 0.222 e. The van der Waals surface area contributed by atoms with Crippen LogP contribution in [0.1, 0.15) is 31.2 Å². The number of hydrogen-bond donors (Lipinski definition) is 0. The van der Waals surface area contributed by atoms with Gasteiger partial charge in [-0.2, -0.15) is 0 Å². The number of amides is 1. The van der Waals surface area contributed by atoms with E-state index in [-0.39, 0.29) is 0 Å². The molecule has 31 heavy (non-hydrogen) atoms. The Morgan fingerprint density at radius 1 is 1.06 bits per heavy atom. The minimum Gasteiger partial charge on any atom is -0.353 e. The molecular formula is C25H34N4OS. The second kappa shape index (κ2) is 11.0. The van der Waals surface area contributed by atoms with Gasteiger partial charge in [0.2, 0.25) is 5.91 Å². The van der Waals surface area contributed by atoms with Gasteiger partial charge in [0, 0.05) is 56.8 Å². The maximum absolute atomic E-state index is 12.8. The predicted molar refractivity (Wildman–Crippen MR) is 128 cm³/mol. The lowest BCUT2D eigenvalue weighted by Gasteiger charge is -2.36. The lowest BCUT2D eigenvalue weighted by atomic mass is 9.92. The van der Waals surface area contributed by atoms with Crippen molar-refractivity contribution in [2.24, 2.45) is 5.92 Å². The quantitative estimate of drug-likeness (QED) is 0.608. The summed E-state index contributed by atoms with van der Waals surface area (Å²) in [7, 11) is 0. The van der Waals surface area contributed by atoms with E-state index < -0.39 is 0 Å². The maximum atomic E-state index is 12.8. The highest BCUT2D eigenvalue weighted by Gasteiger charge is 2.24. The molecule has 166 valence electrons. The number of anilines is 1. The van der Waals surface area contributed by atoms with Crippen LogP contribution in [-0.2, 0) is 11.3 Å². The third kappa shape index (κ3) is 6.23. The average molecular weight is 439 g/mol. The molecule has 1 amide bonds. The number of piperidine rings is 1. The van der Waals surface area contributed by atoms with Gasteiger partial charge in [-0.05, 0) is 67.8 Å². The van der Waals surface area contributed by atoms with Gasteiger partial charge in [0.05, 0.1) is 0 Å². The molecule has 5 nitrogen and oxygen atoms in total. The van der Waals surface area contributed by atoms with Crippen LogP contribution in [0.2, 0.25) is 0 Å². The molecule has 6 heteroatoms. The van der Waals surface area contributed by atoms with E-state index >= 15 is 0 Å². The molecule has 1 aromatic heterocycles. The number of carbonyl (C=O) groups excluding carboxylic acids is 1. The van der Waals surface area contributed by atoms with Crippen molar-refractivity contribution in [3.8, 4) is 0 Å². The van der Waals surface area contributed by atoms with Crippen molar-refractivity contribution in [3.05, 3.63) is 54.2 Å². The van der Waals surface area contributed by atoms with Crippen LogP contribution in [0, 0.1) is 5.92 Å². The number of piperazine rings is 1. The van der Waals surface area contributed by atoms with Crippen molar-refractivity contribution in [3.63, 3.8) is 0 Å². The second-order valence-electron chi connectivity index (χ2n) is 8.69. The Bertz CT molecular complexity index is 821. The number of benzene rings is 1. The van der Waals surface area contributed by atoms with E-state index in [9.17, 15) is 4.79 Å². The fraction of sp³-hybridized carbons (Fsp3) is 0.520. The van der Waals surface area contributed by atoms with Gasteiger partial charge in [0.15, 0.2) is 0 Å². The molecular weight excluding hydrogens is 404 g/mol. The standard InChI is InChI=1S/C25H34N4OS/c1-31-23-10-7-22(8-11-23)20-27-14-4-5-21(19-27)9-12-25(30)29-17-15-28(16-18-29)24-6-2-3-13-26-24/h2-3,6-8,10-11,13,21H,4-5,9,12,14-20H2,1H3. The van der Waals surface area contributed by atoms with E-state index in [0.29, 0.717) is 18.2 Å². The van der Waals surface area contributed by atoms with Crippen molar-refractivity contribution >= 4 is 23.5 Å². The zero-order valence-corrected chi connectivity index (χ0v) is 19.4. The number of hydrogen-bond acceptors (Lipinski definition) is 5. The number of aromatic nitrogens is 1. The van der Waals surface area contributed by atoms with Gasteiger partial charge < -0.3 is 9.80 Å². The van der Waals surface area contributed by atoms with E-state index in [1.807, 2.05) is 29.3 Å². The van der Waals surface area contributed by atoms with Gasteiger partial charge in [-0.15, -0.1) is 11.8 Å². The molecule has 2 aliphatic heterocycles. The maximum Gasteiger partial charge on any atom is 0.222 e. The minimum atomic E-state index is 0.324. The zero-order chi connectivity index (χ0) is 21.5. The van der Waals surface area contributed by atoms with Crippen LogP contribution in [0.15, 0.2) is 53.6 Å². The first-order chi connectivity index (χ1) is 15.2. The molecule has 2 aromatic rings. The lowest BCUT2D eigenvalue weighted by Crippen LogP contribution is -2.49. The number of likely N-dealkylation sites (tertiary alicyclic amines) is 1. The first kappa shape index (κ1) is 22.2. The van der Waals surface area contributed by atoms with Crippen LogP contribution < -0.4 is 4.90 Å². The van der Waals surface area contributed by atoms with E-state index in [4.69, 9.17) is 0 Å². The van der Waals surface area contributed by atoms with Gasteiger partial charge >= 0.3 is 0 Å². The molecule has 0 saturated carbocycles. The van der Waals surface area contributed by atoms with Crippen molar-refractivity contribution in [2.75, 3.05) is 50.4 Å². The van der Waals surface area contributed by atoms with Gasteiger partial charge in [-0.3, -0.25) is 9.69 Å². The Labute approximate surface area is 190 Å². The number of nitrogens with zero attached hydrogens (tertiary/aromatic N) is 4. The average Bonchev–Trinajstić information content (AvgIpc) is 2.84. The first-order valence-electron chi connectivity index (χ1n) is 11.5. The summed E-state index contributed by atoms with van der Waals surface area (Å²) >= 11 is 1.79. The summed E-state index contributed by atoms with van der Waals surface area (Å²) < 4.78 is 0. The van der Waals surface area contributed by atoms with Gasteiger partial charge in [0.1, 0.15) is 5.82 Å². The van der Waals surface area contributed by atoms with Gasteiger partial charge in [-0.1, -0.05) is 18.2 Å². The molecule has 0 radical (unpaired) electrons. The van der Waals surface area contributed by atoms with Crippen LogP contribution >= 0.6 is 11.8 Å². The molecule has 0 spiro atoms. The Morgan fingerprint density at radius 2 is 1.87 bits per heavy atom. The van der Waals surface area contributed by atoms with E-state index in [1.54, 1.807) is 11.8 Å². The fourth-order valence-electron chi connectivity index (χ4n) is 4.73. The highest BCUT2D eigenvalue weighted by Crippen LogP contribution is 2.24. The fourth-order valence-corrected chi connectivity index (χ4v) is 5.14. The van der Waals surface area contributed by atoms with Gasteiger partial charge in [-0.25, -0.2) is 4.98 Å². The lowest BCUT2D eigenvalue weighted by molar-refractivity contribution is -0.131. The SMILES string of the molecule is CSc1ccc(CN2CCCC(CCC(=O)N3CCN(c4ccccn4)CC3)C2)cc1. The van der Waals surface area contributed by atoms with Gasteiger partial charge in [0.25, 0.3) is 0 Å². The van der Waals surface area contributed by atoms with Crippen molar-refractivity contribution in [1.82, 2.24) is 14.8 Å². The summed E-state index contributed by atoms with van der Waals surface area (Å²) in [6, 6.07) is 14.9. The Hall–Kier alpha value is -2.05. The van der Waals surface area contributed by atoms with E-state index in [0.717, 1.165) is 51.5 Å². The molecule has 3 heterocycles. The molecule has 0 N–H and O–H groups in total. The van der Waals surface area contributed by atoms with Crippen LogP contribution in [0.4, 0.5) is 5.82 Å². The monoisotopic (exact) mass is 438 g/mol. The van der Waals surface area contributed by atoms with Crippen molar-refractivity contribution < 1.29 is 4.79 Å². The van der Waals surface area contributed by atoms with Crippen LogP contribution in [0.5, 0.6) is 0 Å². The van der Waals surface area contributed by atoms with Crippen LogP contribution in [-0.4, -0.2) is 66.2 Å². The predicted octanol–water partition coefficient (Wildman–Crippen LogP) is 4.14. The van der Waals surface area contributed by atoms with E-state index in [1.165, 1.54) is 29.8 Å². The molecule has 0 aliphatic carbocycles. The summed E-state index contributed by atoms with van der Waals surface area (Å²) in [4.78, 5) is 25.4. The molecule has 4 rings (SSSR count). The van der Waals surface area contributed by atoms with Crippen molar-refractivity contribution in [1.29, 1.82) is 0 Å². The summed E-state index contributed by atoms with van der Waals surface area (Å²) in [5.41, 5.74) is 1.39. The normalized spacial score (nSPS) is 20.1. The van der Waals surface area contributed by atoms with Crippen LogP contribution in [0.3, 0.4) is 0 Å². The number of rotatable bonds is 7. The Balaban J connectivity index is 1.19. The summed E-state index contributed by atoms with van der Waals surface area (Å²) in [6.45, 7) is 6.66. The molecule has 2 fully saturated rings. The Morgan fingerprint density at radius 3 is 2.58 bits per heavy atom. The zero-order valence-electron chi connectivity index (χ0n) is 18.6. The highest BCUT2D eigenvalue weighted by atomic mass is 32.2. The second-order valence-corrected chi connectivity index (χ2v) is 9.57. The first-order valence-corrected chi connectivity index (χ1v) is 12.7. The topological polar surface area (TPSA) is 39.7 Å². The molecule has 1 unspecified atom stereocenters. The minimum absolute atomic E-state index is 0.324. The number of carbonyl (C=O) groups is 1. The molecule has 1 atom stereocenters. The van der Waals surface area contributed by atoms with Crippen molar-refractivity contribution in [2.45, 2.75) is 37.1 Å². The summed E-state index contributed by atoms with van der Waals surface area (Å²) in [5.74, 6) is 1.98. The summed E-state index contributed by atoms with van der Waals surface area (Å²) in [6.07, 6.45) is 8.14. The van der Waals surface area contributed by atoms with E-state index in [2.05, 4.69) is 45.3 Å². The molecule has 1 aromatic carbocycles. The Kier molecular flexibility index (Phi) is 7.86. The molecule has 2 aliphatic rings. The van der Waals surface area contributed by atoms with Crippen LogP contribution in [0.25, 0.3) is 0 Å². The largest absolute Gasteiger partial charge is 0.353 e. The third-order valence-corrected chi connectivity index (χ3v) is 7.28. The molecule has 2 saturated heterocycles.